The molecule has 42 heavy (non-hydrogen) atoms. The fourth-order valence-corrected chi connectivity index (χ4v) is 9.34. The Balaban J connectivity index is 0.996. The molecular weight excluding hydrogens is 504 g/mol. The predicted molar refractivity (Wildman–Crippen MR) is 176 cm³/mol. The summed E-state index contributed by atoms with van der Waals surface area (Å²) in [5.74, 6) is 2.11. The third kappa shape index (κ3) is 4.10. The number of allylic oxidation sites excluding steroid dienone is 14. The second-order valence-corrected chi connectivity index (χ2v) is 13.7. The highest BCUT2D eigenvalue weighted by Gasteiger charge is 2.32. The lowest BCUT2D eigenvalue weighted by Crippen LogP contribution is -2.35. The molecule has 0 heterocycles. The molecule has 0 fully saturated rings. The molecule has 0 aliphatic heterocycles. The van der Waals surface area contributed by atoms with Crippen molar-refractivity contribution in [2.45, 2.75) is 70.6 Å². The highest BCUT2D eigenvalue weighted by molar-refractivity contribution is 5.76. The zero-order chi connectivity index (χ0) is 27.6. The molecule has 3 atom stereocenters. The number of benzene rings is 2. The second kappa shape index (κ2) is 9.98. The lowest BCUT2D eigenvalue weighted by Gasteiger charge is -2.36. The molecule has 0 heteroatoms. The first kappa shape index (κ1) is 24.9. The smallest absolute Gasteiger partial charge is 0.0112 e. The van der Waals surface area contributed by atoms with Gasteiger partial charge in [0.15, 0.2) is 0 Å². The molecule has 2 aromatic rings. The van der Waals surface area contributed by atoms with Gasteiger partial charge < -0.3 is 0 Å². The van der Waals surface area contributed by atoms with Crippen LogP contribution in [0.25, 0.3) is 17.2 Å². The van der Waals surface area contributed by atoms with Crippen LogP contribution >= 0.6 is 0 Å². The fourth-order valence-electron chi connectivity index (χ4n) is 9.34. The van der Waals surface area contributed by atoms with Gasteiger partial charge in [0.25, 0.3) is 0 Å². The molecule has 0 nitrogen and oxygen atoms in total. The minimum absolute atomic E-state index is 0.688. The topological polar surface area (TPSA) is 0 Å². The molecule has 208 valence electrons. The summed E-state index contributed by atoms with van der Waals surface area (Å²) in [7, 11) is 0. The summed E-state index contributed by atoms with van der Waals surface area (Å²) in [6, 6.07) is 18.2. The van der Waals surface area contributed by atoms with E-state index in [9.17, 15) is 0 Å². The molecule has 0 saturated carbocycles. The van der Waals surface area contributed by atoms with Crippen LogP contribution in [0, 0.1) is 17.8 Å². The van der Waals surface area contributed by atoms with Crippen LogP contribution in [0.1, 0.15) is 75.3 Å². The number of rotatable bonds is 2. The SMILES string of the molecule is C1=C(C2=CC=C3C=C(C4=CC=C5c6ccccc6CCC5C4)CCC3C2)CCC2=C1CCC1CC=c3ccccc3=C21. The molecule has 0 N–H and O–H groups in total. The number of fused-ring (bicyclic) bond motifs is 7. The molecule has 7 aliphatic rings. The van der Waals surface area contributed by atoms with E-state index in [2.05, 4.69) is 91.1 Å². The van der Waals surface area contributed by atoms with Gasteiger partial charge in [0.05, 0.1) is 0 Å². The summed E-state index contributed by atoms with van der Waals surface area (Å²) >= 11 is 0. The third-order valence-corrected chi connectivity index (χ3v) is 11.6. The van der Waals surface area contributed by atoms with Crippen molar-refractivity contribution in [2.24, 2.45) is 17.8 Å². The number of hydrogen-bond acceptors (Lipinski definition) is 0. The summed E-state index contributed by atoms with van der Waals surface area (Å²) in [4.78, 5) is 0. The van der Waals surface area contributed by atoms with E-state index in [1.54, 1.807) is 50.2 Å². The van der Waals surface area contributed by atoms with Gasteiger partial charge in [-0.1, -0.05) is 91.1 Å². The summed E-state index contributed by atoms with van der Waals surface area (Å²) < 4.78 is 0. The van der Waals surface area contributed by atoms with Crippen LogP contribution in [-0.2, 0) is 6.42 Å². The zero-order valence-electron chi connectivity index (χ0n) is 24.7. The average molecular weight is 545 g/mol. The van der Waals surface area contributed by atoms with Crippen LogP contribution in [0.15, 0.2) is 124 Å². The van der Waals surface area contributed by atoms with Gasteiger partial charge in [-0.25, -0.2) is 0 Å². The maximum atomic E-state index is 2.62. The minimum atomic E-state index is 0.688. The van der Waals surface area contributed by atoms with E-state index in [1.807, 2.05) is 0 Å². The van der Waals surface area contributed by atoms with Gasteiger partial charge in [-0.05, 0) is 160 Å². The first-order chi connectivity index (χ1) is 20.8. The Hall–Kier alpha value is -3.64. The first-order valence-electron chi connectivity index (χ1n) is 16.6. The van der Waals surface area contributed by atoms with Gasteiger partial charge in [0.2, 0.25) is 0 Å². The quantitative estimate of drug-likeness (QED) is 0.354. The highest BCUT2D eigenvalue weighted by Crippen LogP contribution is 2.48. The van der Waals surface area contributed by atoms with Crippen LogP contribution < -0.4 is 10.4 Å². The van der Waals surface area contributed by atoms with E-state index >= 15 is 0 Å². The summed E-state index contributed by atoms with van der Waals surface area (Å²) in [6.07, 6.45) is 31.3. The van der Waals surface area contributed by atoms with E-state index in [0.717, 1.165) is 5.92 Å². The number of hydrogen-bond donors (Lipinski definition) is 0. The maximum Gasteiger partial charge on any atom is -0.0112 e. The Bertz CT molecular complexity index is 1860. The van der Waals surface area contributed by atoms with Gasteiger partial charge in [0, 0.05) is 0 Å². The van der Waals surface area contributed by atoms with E-state index in [0.29, 0.717) is 11.8 Å². The molecular formula is C42H40. The average Bonchev–Trinajstić information content (AvgIpc) is 3.07. The van der Waals surface area contributed by atoms with Crippen LogP contribution in [0.5, 0.6) is 0 Å². The van der Waals surface area contributed by atoms with Crippen molar-refractivity contribution in [1.29, 1.82) is 0 Å². The Kier molecular flexibility index (Phi) is 5.92. The highest BCUT2D eigenvalue weighted by atomic mass is 14.4. The van der Waals surface area contributed by atoms with Crippen molar-refractivity contribution < 1.29 is 0 Å². The van der Waals surface area contributed by atoms with E-state index < -0.39 is 0 Å². The van der Waals surface area contributed by atoms with Gasteiger partial charge in [-0.15, -0.1) is 0 Å². The monoisotopic (exact) mass is 544 g/mol. The van der Waals surface area contributed by atoms with Gasteiger partial charge in [-0.2, -0.15) is 0 Å². The molecule has 0 aromatic heterocycles. The van der Waals surface area contributed by atoms with Crippen LogP contribution in [0.3, 0.4) is 0 Å². The Morgan fingerprint density at radius 1 is 0.571 bits per heavy atom. The van der Waals surface area contributed by atoms with Gasteiger partial charge in [-0.3, -0.25) is 0 Å². The summed E-state index contributed by atoms with van der Waals surface area (Å²) in [5, 5.41) is 2.97. The van der Waals surface area contributed by atoms with Gasteiger partial charge in [0.1, 0.15) is 0 Å². The van der Waals surface area contributed by atoms with Gasteiger partial charge >= 0.3 is 0 Å². The second-order valence-electron chi connectivity index (χ2n) is 13.7. The summed E-state index contributed by atoms with van der Waals surface area (Å²) in [5.41, 5.74) is 17.7. The standard InChI is InChI=1S/C42H40/c1-3-7-38-27(5-1)10-17-36-25-34(19-21-39(36)38)32-15-13-31-24-33(16-14-30(31)23-32)35-20-22-41-37(26-35)18-12-29-11-9-28-6-2-4-8-40(28)42(29)41/h1-9,14,16,19,21,23,26,29,31,36H,10-13,15,17-18,20,22,24-25H2. The van der Waals surface area contributed by atoms with Crippen molar-refractivity contribution in [3.05, 3.63) is 146 Å². The molecule has 2 aromatic carbocycles. The molecule has 0 bridgehead atoms. The van der Waals surface area contributed by atoms with E-state index in [4.69, 9.17) is 0 Å². The maximum absolute atomic E-state index is 2.62. The van der Waals surface area contributed by atoms with Crippen LogP contribution in [0.2, 0.25) is 0 Å². The molecule has 0 spiro atoms. The molecule has 0 radical (unpaired) electrons. The van der Waals surface area contributed by atoms with Crippen LogP contribution in [-0.4, -0.2) is 0 Å². The Morgan fingerprint density at radius 2 is 1.36 bits per heavy atom. The van der Waals surface area contributed by atoms with E-state index in [-0.39, 0.29) is 0 Å². The number of aryl methyl sites for hydroxylation is 1. The molecule has 0 saturated heterocycles. The summed E-state index contributed by atoms with van der Waals surface area (Å²) in [6.45, 7) is 0. The Labute approximate surface area is 250 Å². The van der Waals surface area contributed by atoms with Crippen molar-refractivity contribution in [3.8, 4) is 0 Å². The molecule has 3 unspecified atom stereocenters. The first-order valence-corrected chi connectivity index (χ1v) is 16.6. The lowest BCUT2D eigenvalue weighted by atomic mass is 9.69. The largest absolute Gasteiger partial charge is 0.0760 e. The zero-order valence-corrected chi connectivity index (χ0v) is 24.7. The van der Waals surface area contributed by atoms with E-state index in [1.165, 1.54) is 92.2 Å². The van der Waals surface area contributed by atoms with Crippen molar-refractivity contribution in [1.82, 2.24) is 0 Å². The van der Waals surface area contributed by atoms with Crippen molar-refractivity contribution in [2.75, 3.05) is 0 Å². The molecule has 7 aliphatic carbocycles. The van der Waals surface area contributed by atoms with Crippen molar-refractivity contribution in [3.63, 3.8) is 0 Å². The molecule has 9 rings (SSSR count). The normalized spacial score (nSPS) is 27.6. The third-order valence-electron chi connectivity index (χ3n) is 11.6. The Morgan fingerprint density at radius 3 is 2.33 bits per heavy atom. The van der Waals surface area contributed by atoms with Crippen molar-refractivity contribution >= 4 is 17.2 Å². The van der Waals surface area contributed by atoms with Crippen LogP contribution in [0.4, 0.5) is 0 Å². The fraction of sp³-hybridized carbons (Fsp3) is 0.333. The molecule has 0 amide bonds. The lowest BCUT2D eigenvalue weighted by molar-refractivity contribution is 0.531. The minimum Gasteiger partial charge on any atom is -0.0760 e. The predicted octanol–water partition coefficient (Wildman–Crippen LogP) is 9.02.